The molecule has 0 fully saturated rings. The van der Waals surface area contributed by atoms with Gasteiger partial charge in [-0.2, -0.15) is 0 Å². The van der Waals surface area contributed by atoms with E-state index in [1.807, 2.05) is 35.9 Å². The second-order valence-electron chi connectivity index (χ2n) is 4.67. The Hall–Kier alpha value is -2.02. The molecule has 7 heteroatoms. The van der Waals surface area contributed by atoms with Crippen LogP contribution in [0, 0.1) is 0 Å². The standard InChI is InChI=1S/C14H18N4O2S/c1-17(2)12(19)9-21-14-16-15-13(18(14)3)10-6-5-7-11(8-10)20-4/h5-8H,9H2,1-4H3. The van der Waals surface area contributed by atoms with E-state index in [-0.39, 0.29) is 5.91 Å². The third kappa shape index (κ3) is 3.55. The maximum Gasteiger partial charge on any atom is 0.232 e. The highest BCUT2D eigenvalue weighted by Crippen LogP contribution is 2.25. The molecule has 0 N–H and O–H groups in total. The number of carbonyl (C=O) groups excluding carboxylic acids is 1. The lowest BCUT2D eigenvalue weighted by Gasteiger charge is -2.09. The summed E-state index contributed by atoms with van der Waals surface area (Å²) in [6.07, 6.45) is 0. The summed E-state index contributed by atoms with van der Waals surface area (Å²) in [5, 5.41) is 9.05. The summed E-state index contributed by atoms with van der Waals surface area (Å²) < 4.78 is 7.09. The lowest BCUT2D eigenvalue weighted by Crippen LogP contribution is -2.23. The largest absolute Gasteiger partial charge is 0.497 e. The van der Waals surface area contributed by atoms with Crippen LogP contribution in [0.4, 0.5) is 0 Å². The van der Waals surface area contributed by atoms with E-state index in [0.29, 0.717) is 10.9 Å². The molecule has 0 bridgehead atoms. The van der Waals surface area contributed by atoms with Crippen molar-refractivity contribution in [3.05, 3.63) is 24.3 Å². The molecule has 0 aliphatic heterocycles. The molecule has 112 valence electrons. The number of benzene rings is 1. The molecule has 0 unspecified atom stereocenters. The van der Waals surface area contributed by atoms with E-state index in [4.69, 9.17) is 4.74 Å². The van der Waals surface area contributed by atoms with Crippen molar-refractivity contribution in [2.75, 3.05) is 27.0 Å². The van der Waals surface area contributed by atoms with Crippen molar-refractivity contribution in [3.63, 3.8) is 0 Å². The van der Waals surface area contributed by atoms with Gasteiger partial charge < -0.3 is 14.2 Å². The molecule has 0 aliphatic rings. The van der Waals surface area contributed by atoms with Crippen molar-refractivity contribution in [1.82, 2.24) is 19.7 Å². The van der Waals surface area contributed by atoms with E-state index in [2.05, 4.69) is 10.2 Å². The topological polar surface area (TPSA) is 60.3 Å². The maximum atomic E-state index is 11.6. The molecule has 0 saturated heterocycles. The molecule has 6 nitrogen and oxygen atoms in total. The normalized spacial score (nSPS) is 10.5. The van der Waals surface area contributed by atoms with Gasteiger partial charge in [0.15, 0.2) is 11.0 Å². The molecule has 0 radical (unpaired) electrons. The summed E-state index contributed by atoms with van der Waals surface area (Å²) in [6.45, 7) is 0. The Bertz CT molecular complexity index is 640. The minimum Gasteiger partial charge on any atom is -0.497 e. The van der Waals surface area contributed by atoms with Crippen molar-refractivity contribution in [1.29, 1.82) is 0 Å². The first-order chi connectivity index (χ1) is 10.0. The number of thioether (sulfide) groups is 1. The van der Waals surface area contributed by atoms with Crippen molar-refractivity contribution in [3.8, 4) is 17.1 Å². The zero-order chi connectivity index (χ0) is 15.4. The Balaban J connectivity index is 2.18. The van der Waals surface area contributed by atoms with Gasteiger partial charge in [0.1, 0.15) is 5.75 Å². The SMILES string of the molecule is COc1cccc(-c2nnc(SCC(=O)N(C)C)n2C)c1. The summed E-state index contributed by atoms with van der Waals surface area (Å²) >= 11 is 1.38. The molecular weight excluding hydrogens is 288 g/mol. The predicted octanol–water partition coefficient (Wildman–Crippen LogP) is 1.67. The van der Waals surface area contributed by atoms with Gasteiger partial charge in [-0.1, -0.05) is 23.9 Å². The highest BCUT2D eigenvalue weighted by atomic mass is 32.2. The van der Waals surface area contributed by atoms with Crippen molar-refractivity contribution in [2.24, 2.45) is 7.05 Å². The molecule has 0 saturated carbocycles. The first-order valence-electron chi connectivity index (χ1n) is 6.39. The predicted molar refractivity (Wildman–Crippen MR) is 82.4 cm³/mol. The summed E-state index contributed by atoms with van der Waals surface area (Å²) in [7, 11) is 6.99. The average Bonchev–Trinajstić information content (AvgIpc) is 2.85. The summed E-state index contributed by atoms with van der Waals surface area (Å²) in [6, 6.07) is 7.64. The summed E-state index contributed by atoms with van der Waals surface area (Å²) in [5.41, 5.74) is 0.926. The Morgan fingerprint density at radius 1 is 1.38 bits per heavy atom. The van der Waals surface area contributed by atoms with Gasteiger partial charge >= 0.3 is 0 Å². The van der Waals surface area contributed by atoms with Crippen LogP contribution < -0.4 is 4.74 Å². The van der Waals surface area contributed by atoms with E-state index in [1.54, 1.807) is 26.1 Å². The van der Waals surface area contributed by atoms with Crippen LogP contribution in [0.2, 0.25) is 0 Å². The fourth-order valence-electron chi connectivity index (χ4n) is 1.71. The van der Waals surface area contributed by atoms with Gasteiger partial charge in [0.05, 0.1) is 12.9 Å². The first-order valence-corrected chi connectivity index (χ1v) is 7.38. The number of hydrogen-bond acceptors (Lipinski definition) is 5. The lowest BCUT2D eigenvalue weighted by atomic mass is 10.2. The second-order valence-corrected chi connectivity index (χ2v) is 5.62. The fourth-order valence-corrected chi connectivity index (χ4v) is 2.60. The van der Waals surface area contributed by atoms with Crippen LogP contribution in [-0.4, -0.2) is 52.5 Å². The van der Waals surface area contributed by atoms with E-state index < -0.39 is 0 Å². The lowest BCUT2D eigenvalue weighted by molar-refractivity contribution is -0.125. The Labute approximate surface area is 128 Å². The van der Waals surface area contributed by atoms with Crippen molar-refractivity contribution >= 4 is 17.7 Å². The minimum atomic E-state index is 0.0472. The third-order valence-corrected chi connectivity index (χ3v) is 3.99. The number of ether oxygens (including phenoxy) is 1. The number of carbonyl (C=O) groups is 1. The number of nitrogens with zero attached hydrogens (tertiary/aromatic N) is 4. The summed E-state index contributed by atoms with van der Waals surface area (Å²) in [4.78, 5) is 13.2. The molecule has 0 aliphatic carbocycles. The molecule has 2 rings (SSSR count). The van der Waals surface area contributed by atoms with Crippen molar-refractivity contribution < 1.29 is 9.53 Å². The van der Waals surface area contributed by atoms with Crippen LogP contribution in [0.1, 0.15) is 0 Å². The number of methoxy groups -OCH3 is 1. The monoisotopic (exact) mass is 306 g/mol. The van der Waals surface area contributed by atoms with Crippen molar-refractivity contribution in [2.45, 2.75) is 5.16 Å². The van der Waals surface area contributed by atoms with Crippen LogP contribution in [0.25, 0.3) is 11.4 Å². The van der Waals surface area contributed by atoms with Crippen LogP contribution in [-0.2, 0) is 11.8 Å². The molecule has 2 aromatic rings. The molecule has 1 aromatic heterocycles. The van der Waals surface area contributed by atoms with Crippen LogP contribution in [0.15, 0.2) is 29.4 Å². The Morgan fingerprint density at radius 2 is 2.14 bits per heavy atom. The van der Waals surface area contributed by atoms with Crippen LogP contribution in [0.5, 0.6) is 5.75 Å². The zero-order valence-corrected chi connectivity index (χ0v) is 13.3. The Morgan fingerprint density at radius 3 is 2.81 bits per heavy atom. The zero-order valence-electron chi connectivity index (χ0n) is 12.5. The number of aromatic nitrogens is 3. The average molecular weight is 306 g/mol. The van der Waals surface area contributed by atoms with Gasteiger partial charge in [-0.25, -0.2) is 0 Å². The van der Waals surface area contributed by atoms with Gasteiger partial charge in [-0.15, -0.1) is 10.2 Å². The number of hydrogen-bond donors (Lipinski definition) is 0. The highest BCUT2D eigenvalue weighted by molar-refractivity contribution is 7.99. The van der Waals surface area contributed by atoms with Gasteiger partial charge in [0.25, 0.3) is 0 Å². The number of rotatable bonds is 5. The van der Waals surface area contributed by atoms with Crippen LogP contribution >= 0.6 is 11.8 Å². The maximum absolute atomic E-state index is 11.6. The van der Waals surface area contributed by atoms with Gasteiger partial charge in [-0.3, -0.25) is 4.79 Å². The third-order valence-electron chi connectivity index (χ3n) is 2.99. The molecule has 21 heavy (non-hydrogen) atoms. The van der Waals surface area contributed by atoms with Gasteiger partial charge in [0, 0.05) is 26.7 Å². The quantitative estimate of drug-likeness (QED) is 0.786. The Kier molecular flexibility index (Phi) is 4.85. The van der Waals surface area contributed by atoms with E-state index in [0.717, 1.165) is 17.1 Å². The molecule has 1 amide bonds. The molecule has 0 atom stereocenters. The van der Waals surface area contributed by atoms with Gasteiger partial charge in [0.2, 0.25) is 5.91 Å². The fraction of sp³-hybridized carbons (Fsp3) is 0.357. The second kappa shape index (κ2) is 6.62. The minimum absolute atomic E-state index is 0.0472. The molecule has 1 heterocycles. The van der Waals surface area contributed by atoms with Gasteiger partial charge in [-0.05, 0) is 12.1 Å². The van der Waals surface area contributed by atoms with Crippen LogP contribution in [0.3, 0.4) is 0 Å². The van der Waals surface area contributed by atoms with E-state index in [9.17, 15) is 4.79 Å². The summed E-state index contributed by atoms with van der Waals surface area (Å²) in [5.74, 6) is 1.91. The van der Waals surface area contributed by atoms with E-state index in [1.165, 1.54) is 11.8 Å². The molecule has 1 aromatic carbocycles. The molecule has 0 spiro atoms. The van der Waals surface area contributed by atoms with E-state index >= 15 is 0 Å². The number of amides is 1. The highest BCUT2D eigenvalue weighted by Gasteiger charge is 2.13. The molecular formula is C14H18N4O2S. The first kappa shape index (κ1) is 15.4. The smallest absolute Gasteiger partial charge is 0.232 e.